The first-order chi connectivity index (χ1) is 21.1. The molecular weight excluding hydrogens is 601 g/mol. The van der Waals surface area contributed by atoms with Crippen LogP contribution in [0.1, 0.15) is 57.2 Å². The van der Waals surface area contributed by atoms with E-state index in [1.54, 1.807) is 28.1 Å². The second-order valence-corrected chi connectivity index (χ2v) is 12.8. The number of hydrogen-bond acceptors (Lipinski definition) is 10. The molecule has 2 aromatic heterocycles. The molecule has 0 saturated heterocycles. The summed E-state index contributed by atoms with van der Waals surface area (Å²) in [7, 11) is 5.90. The molecule has 0 N–H and O–H groups in total. The molecule has 0 saturated carbocycles. The number of thiophene rings is 2. The minimum Gasteiger partial charge on any atom is -0.496 e. The van der Waals surface area contributed by atoms with E-state index in [2.05, 4.69) is 12.2 Å². The van der Waals surface area contributed by atoms with Crippen LogP contribution in [0.4, 0.5) is 0 Å². The van der Waals surface area contributed by atoms with E-state index in [0.717, 1.165) is 42.8 Å². The molecule has 4 rings (SSSR count). The molecule has 0 fully saturated rings. The van der Waals surface area contributed by atoms with Crippen LogP contribution in [0.15, 0.2) is 48.6 Å². The number of ketones is 2. The summed E-state index contributed by atoms with van der Waals surface area (Å²) >= 11 is 2.78. The fourth-order valence-corrected chi connectivity index (χ4v) is 7.00. The number of rotatable bonds is 14. The van der Waals surface area contributed by atoms with Gasteiger partial charge in [0, 0.05) is 22.2 Å². The van der Waals surface area contributed by atoms with Crippen LogP contribution in [0.5, 0.6) is 11.5 Å². The SMILES string of the molecule is COC(=O)[C@@H](C)CC(=O)c1cc2cc(C/C=C/Cc3cc4cc(C(=O)C[C@H](C)C(=O)OC)sc4cc3OC)c(OC)cc2s1. The third-order valence-electron chi connectivity index (χ3n) is 7.42. The molecule has 44 heavy (non-hydrogen) atoms. The maximum absolute atomic E-state index is 12.8. The molecule has 10 heteroatoms. The van der Waals surface area contributed by atoms with Crippen LogP contribution in [0.3, 0.4) is 0 Å². The molecule has 0 amide bonds. The summed E-state index contributed by atoms with van der Waals surface area (Å²) in [5.41, 5.74) is 1.97. The zero-order valence-corrected chi connectivity index (χ0v) is 27.3. The molecule has 0 unspecified atom stereocenters. The molecule has 0 spiro atoms. The predicted molar refractivity (Wildman–Crippen MR) is 174 cm³/mol. The van der Waals surface area contributed by atoms with Gasteiger partial charge in [-0.3, -0.25) is 19.2 Å². The largest absolute Gasteiger partial charge is 0.496 e. The van der Waals surface area contributed by atoms with E-state index in [1.165, 1.54) is 36.9 Å². The Hall–Kier alpha value is -4.02. The zero-order chi connectivity index (χ0) is 32.0. The van der Waals surface area contributed by atoms with Gasteiger partial charge in [-0.25, -0.2) is 0 Å². The van der Waals surface area contributed by atoms with Crippen molar-refractivity contribution in [2.45, 2.75) is 39.5 Å². The van der Waals surface area contributed by atoms with Crippen LogP contribution in [0.2, 0.25) is 0 Å². The van der Waals surface area contributed by atoms with Gasteiger partial charge in [-0.2, -0.15) is 0 Å². The number of benzene rings is 2. The Labute approximate surface area is 264 Å². The van der Waals surface area contributed by atoms with Crippen LogP contribution < -0.4 is 9.47 Å². The number of hydrogen-bond donors (Lipinski definition) is 0. The number of fused-ring (bicyclic) bond motifs is 2. The van der Waals surface area contributed by atoms with Gasteiger partial charge in [-0.1, -0.05) is 26.0 Å². The van der Waals surface area contributed by atoms with Crippen LogP contribution >= 0.6 is 22.7 Å². The summed E-state index contributed by atoms with van der Waals surface area (Å²) < 4.78 is 22.7. The third kappa shape index (κ3) is 7.54. The maximum atomic E-state index is 12.8. The van der Waals surface area contributed by atoms with Crippen molar-refractivity contribution < 1.29 is 38.1 Å². The number of methoxy groups -OCH3 is 4. The van der Waals surface area contributed by atoms with E-state index in [9.17, 15) is 19.2 Å². The van der Waals surface area contributed by atoms with Gasteiger partial charge in [-0.05, 0) is 71.1 Å². The van der Waals surface area contributed by atoms with Crippen molar-refractivity contribution in [1.29, 1.82) is 0 Å². The standard InChI is InChI=1S/C34H36O8S2/c1-19(33(37)41-5)11-25(35)31-15-23-13-21(27(39-3)17-29(23)43-31)9-7-8-10-22-14-24-16-32(44-30(24)18-28(22)40-4)26(36)12-20(2)34(38)42-6/h7-8,13-20H,9-12H2,1-6H3/b8-7+/t19-,20-/m0/s1. The number of Topliss-reactive ketones (excluding diaryl/α,β-unsaturated/α-hetero) is 2. The van der Waals surface area contributed by atoms with Gasteiger partial charge >= 0.3 is 11.9 Å². The summed E-state index contributed by atoms with van der Waals surface area (Å²) in [4.78, 5) is 50.3. The fraction of sp³-hybridized carbons (Fsp3) is 0.353. The molecule has 0 aliphatic carbocycles. The Morgan fingerprint density at radius 3 is 1.36 bits per heavy atom. The predicted octanol–water partition coefficient (Wildman–Crippen LogP) is 7.24. The summed E-state index contributed by atoms with van der Waals surface area (Å²) in [5, 5.41) is 1.90. The van der Waals surface area contributed by atoms with Gasteiger partial charge < -0.3 is 18.9 Å². The number of carbonyl (C=O) groups is 4. The highest BCUT2D eigenvalue weighted by Crippen LogP contribution is 2.35. The molecule has 4 aromatic rings. The quantitative estimate of drug-likeness (QED) is 0.0811. The summed E-state index contributed by atoms with van der Waals surface area (Å²) in [6.07, 6.45) is 5.58. The molecule has 8 nitrogen and oxygen atoms in total. The van der Waals surface area contributed by atoms with Crippen molar-refractivity contribution in [2.24, 2.45) is 11.8 Å². The van der Waals surface area contributed by atoms with Gasteiger partial charge in [0.1, 0.15) is 11.5 Å². The molecule has 0 aliphatic heterocycles. The van der Waals surface area contributed by atoms with E-state index in [1.807, 2.05) is 36.4 Å². The smallest absolute Gasteiger partial charge is 0.308 e. The normalized spacial score (nSPS) is 12.8. The van der Waals surface area contributed by atoms with E-state index >= 15 is 0 Å². The van der Waals surface area contributed by atoms with Gasteiger partial charge in [0.2, 0.25) is 0 Å². The Bertz CT molecular complexity index is 1600. The first-order valence-corrected chi connectivity index (χ1v) is 15.8. The number of allylic oxidation sites excluding steroid dienone is 2. The van der Waals surface area contributed by atoms with E-state index in [4.69, 9.17) is 18.9 Å². The minimum absolute atomic E-state index is 0.0895. The summed E-state index contributed by atoms with van der Waals surface area (Å²) in [6.45, 7) is 3.38. The highest BCUT2D eigenvalue weighted by atomic mass is 32.1. The molecular formula is C34H36O8S2. The van der Waals surface area contributed by atoms with Crippen molar-refractivity contribution in [3.63, 3.8) is 0 Å². The summed E-state index contributed by atoms with van der Waals surface area (Å²) in [6, 6.07) is 11.7. The first-order valence-electron chi connectivity index (χ1n) is 14.2. The second kappa shape index (κ2) is 14.6. The maximum Gasteiger partial charge on any atom is 0.308 e. The van der Waals surface area contributed by atoms with Crippen LogP contribution in [-0.4, -0.2) is 51.9 Å². The average molecular weight is 637 g/mol. The lowest BCUT2D eigenvalue weighted by Crippen LogP contribution is -2.16. The Balaban J connectivity index is 1.47. The molecule has 0 bridgehead atoms. The average Bonchev–Trinajstić information content (AvgIpc) is 3.64. The zero-order valence-electron chi connectivity index (χ0n) is 25.7. The van der Waals surface area contributed by atoms with Crippen LogP contribution in [-0.2, 0) is 31.9 Å². The highest BCUT2D eigenvalue weighted by Gasteiger charge is 2.22. The number of ether oxygens (including phenoxy) is 4. The molecule has 2 atom stereocenters. The number of carbonyl (C=O) groups excluding carboxylic acids is 4. The molecule has 232 valence electrons. The summed E-state index contributed by atoms with van der Waals surface area (Å²) in [5.74, 6) is -0.502. The van der Waals surface area contributed by atoms with E-state index < -0.39 is 23.8 Å². The minimum atomic E-state index is -0.501. The third-order valence-corrected chi connectivity index (χ3v) is 9.70. The number of esters is 2. The second-order valence-electron chi connectivity index (χ2n) is 10.6. The van der Waals surface area contributed by atoms with Crippen molar-refractivity contribution >= 4 is 66.4 Å². The molecule has 2 aromatic carbocycles. The van der Waals surface area contributed by atoms with Crippen molar-refractivity contribution in [1.82, 2.24) is 0 Å². The first kappa shape index (κ1) is 32.9. The van der Waals surface area contributed by atoms with Gasteiger partial charge in [0.05, 0.1) is 50.0 Å². The van der Waals surface area contributed by atoms with Crippen molar-refractivity contribution in [3.05, 3.63) is 69.4 Å². The lowest BCUT2D eigenvalue weighted by atomic mass is 10.0. The van der Waals surface area contributed by atoms with Crippen molar-refractivity contribution in [3.8, 4) is 11.5 Å². The van der Waals surface area contributed by atoms with Gasteiger partial charge in [0.15, 0.2) is 11.6 Å². The topological polar surface area (TPSA) is 105 Å². The highest BCUT2D eigenvalue weighted by molar-refractivity contribution is 7.21. The fourth-order valence-electron chi connectivity index (χ4n) is 4.95. The van der Waals surface area contributed by atoms with E-state index in [0.29, 0.717) is 22.6 Å². The van der Waals surface area contributed by atoms with Gasteiger partial charge in [0.25, 0.3) is 0 Å². The molecule has 2 heterocycles. The lowest BCUT2D eigenvalue weighted by Gasteiger charge is -2.08. The van der Waals surface area contributed by atoms with Crippen LogP contribution in [0, 0.1) is 11.8 Å². The Morgan fingerprint density at radius 1 is 0.636 bits per heavy atom. The van der Waals surface area contributed by atoms with Crippen molar-refractivity contribution in [2.75, 3.05) is 28.4 Å². The Morgan fingerprint density at radius 2 is 1.02 bits per heavy atom. The monoisotopic (exact) mass is 636 g/mol. The molecule has 0 radical (unpaired) electrons. The van der Waals surface area contributed by atoms with Crippen LogP contribution in [0.25, 0.3) is 20.2 Å². The lowest BCUT2D eigenvalue weighted by molar-refractivity contribution is -0.145. The van der Waals surface area contributed by atoms with Gasteiger partial charge in [-0.15, -0.1) is 22.7 Å². The van der Waals surface area contributed by atoms with E-state index in [-0.39, 0.29) is 24.4 Å². The molecule has 0 aliphatic rings. The Kier molecular flexibility index (Phi) is 10.9.